The van der Waals surface area contributed by atoms with Crippen molar-refractivity contribution in [1.82, 2.24) is 4.98 Å². The summed E-state index contributed by atoms with van der Waals surface area (Å²) in [7, 11) is 0. The minimum absolute atomic E-state index is 0.0842. The molecular weight excluding hydrogens is 224 g/mol. The summed E-state index contributed by atoms with van der Waals surface area (Å²) in [6.45, 7) is 0.601. The molecule has 0 radical (unpaired) electrons. The molecule has 0 saturated heterocycles. The van der Waals surface area contributed by atoms with Crippen molar-refractivity contribution < 1.29 is 9.90 Å². The monoisotopic (exact) mass is 234 g/mol. The first-order valence-electron chi connectivity index (χ1n) is 4.72. The van der Waals surface area contributed by atoms with Crippen LogP contribution in [0.2, 0.25) is 0 Å². The van der Waals surface area contributed by atoms with Crippen molar-refractivity contribution in [2.75, 3.05) is 5.32 Å². The summed E-state index contributed by atoms with van der Waals surface area (Å²) in [5.41, 5.74) is 2.71. The van der Waals surface area contributed by atoms with Gasteiger partial charge in [-0.1, -0.05) is 30.3 Å². The number of nitrogens with one attached hydrogen (secondary N) is 1. The highest BCUT2D eigenvalue weighted by atomic mass is 32.1. The number of rotatable bonds is 4. The summed E-state index contributed by atoms with van der Waals surface area (Å²) in [5.74, 6) is -1.00. The SMILES string of the molecule is O=C(O)c1ncsc1NCc1ccccc1. The van der Waals surface area contributed by atoms with E-state index >= 15 is 0 Å². The highest BCUT2D eigenvalue weighted by molar-refractivity contribution is 7.14. The molecule has 0 atom stereocenters. The van der Waals surface area contributed by atoms with Gasteiger partial charge in [0.25, 0.3) is 0 Å². The molecule has 1 aromatic carbocycles. The Morgan fingerprint density at radius 3 is 2.81 bits per heavy atom. The van der Waals surface area contributed by atoms with E-state index in [1.165, 1.54) is 16.8 Å². The molecule has 2 aromatic rings. The third-order valence-corrected chi connectivity index (χ3v) is 2.85. The minimum Gasteiger partial charge on any atom is -0.476 e. The van der Waals surface area contributed by atoms with Crippen molar-refractivity contribution in [2.24, 2.45) is 0 Å². The number of hydrogen-bond donors (Lipinski definition) is 2. The predicted molar refractivity (Wildman–Crippen MR) is 62.8 cm³/mol. The first-order chi connectivity index (χ1) is 7.77. The number of benzene rings is 1. The summed E-state index contributed by atoms with van der Waals surface area (Å²) < 4.78 is 0. The van der Waals surface area contributed by atoms with E-state index in [0.717, 1.165) is 5.56 Å². The summed E-state index contributed by atoms with van der Waals surface area (Å²) in [4.78, 5) is 14.6. The Morgan fingerprint density at radius 1 is 1.38 bits per heavy atom. The molecule has 0 aliphatic rings. The first kappa shape index (κ1) is 10.6. The van der Waals surface area contributed by atoms with Gasteiger partial charge in [-0.05, 0) is 5.56 Å². The van der Waals surface area contributed by atoms with Crippen molar-refractivity contribution in [3.8, 4) is 0 Å². The molecule has 0 bridgehead atoms. The number of carboxylic acids is 1. The second-order valence-electron chi connectivity index (χ2n) is 3.17. The van der Waals surface area contributed by atoms with Crippen LogP contribution in [0.5, 0.6) is 0 Å². The van der Waals surface area contributed by atoms with Gasteiger partial charge in [-0.2, -0.15) is 0 Å². The summed E-state index contributed by atoms with van der Waals surface area (Å²) in [5, 5.41) is 12.5. The second kappa shape index (κ2) is 4.76. The number of aromatic carboxylic acids is 1. The zero-order chi connectivity index (χ0) is 11.4. The molecule has 5 heteroatoms. The maximum absolute atomic E-state index is 10.8. The molecule has 16 heavy (non-hydrogen) atoms. The van der Waals surface area contributed by atoms with E-state index in [-0.39, 0.29) is 5.69 Å². The Kier molecular flexibility index (Phi) is 3.16. The molecule has 0 aliphatic heterocycles. The van der Waals surface area contributed by atoms with E-state index in [1.54, 1.807) is 0 Å². The molecule has 2 rings (SSSR count). The normalized spacial score (nSPS) is 10.0. The van der Waals surface area contributed by atoms with Crippen LogP contribution in [0.15, 0.2) is 35.8 Å². The second-order valence-corrected chi connectivity index (χ2v) is 4.03. The molecule has 0 amide bonds. The molecule has 2 N–H and O–H groups in total. The molecule has 0 spiro atoms. The lowest BCUT2D eigenvalue weighted by molar-refractivity contribution is 0.0692. The van der Waals surface area contributed by atoms with E-state index in [4.69, 9.17) is 5.11 Å². The van der Waals surface area contributed by atoms with Gasteiger partial charge in [-0.15, -0.1) is 11.3 Å². The van der Waals surface area contributed by atoms with Crippen molar-refractivity contribution >= 4 is 22.3 Å². The number of carbonyl (C=O) groups is 1. The maximum atomic E-state index is 10.8. The van der Waals surface area contributed by atoms with Crippen molar-refractivity contribution in [3.63, 3.8) is 0 Å². The van der Waals surface area contributed by atoms with Gasteiger partial charge in [0.1, 0.15) is 5.00 Å². The molecule has 0 unspecified atom stereocenters. The van der Waals surface area contributed by atoms with Crippen molar-refractivity contribution in [1.29, 1.82) is 0 Å². The summed E-state index contributed by atoms with van der Waals surface area (Å²) in [6, 6.07) is 9.80. The quantitative estimate of drug-likeness (QED) is 0.853. The smallest absolute Gasteiger partial charge is 0.357 e. The molecule has 82 valence electrons. The van der Waals surface area contributed by atoms with Crippen LogP contribution in [0.25, 0.3) is 0 Å². The van der Waals surface area contributed by atoms with Gasteiger partial charge in [0.05, 0.1) is 5.51 Å². The zero-order valence-corrected chi connectivity index (χ0v) is 9.20. The highest BCUT2D eigenvalue weighted by Crippen LogP contribution is 2.20. The van der Waals surface area contributed by atoms with Gasteiger partial charge in [-0.3, -0.25) is 0 Å². The maximum Gasteiger partial charge on any atom is 0.357 e. The Hall–Kier alpha value is -1.88. The Labute approximate surface area is 96.6 Å². The standard InChI is InChI=1S/C11H10N2O2S/c14-11(15)9-10(16-7-13-9)12-6-8-4-2-1-3-5-8/h1-5,7,12H,6H2,(H,14,15). The lowest BCUT2D eigenvalue weighted by atomic mass is 10.2. The van der Waals surface area contributed by atoms with Gasteiger partial charge >= 0.3 is 5.97 Å². The predicted octanol–water partition coefficient (Wildman–Crippen LogP) is 2.45. The molecular formula is C11H10N2O2S. The van der Waals surface area contributed by atoms with Crippen LogP contribution in [0.1, 0.15) is 16.1 Å². The minimum atomic E-state index is -1.00. The van der Waals surface area contributed by atoms with Crippen LogP contribution >= 0.6 is 11.3 Å². The van der Waals surface area contributed by atoms with Gasteiger partial charge in [0.2, 0.25) is 0 Å². The van der Waals surface area contributed by atoms with E-state index in [9.17, 15) is 4.79 Å². The molecule has 4 nitrogen and oxygen atoms in total. The third kappa shape index (κ3) is 2.38. The molecule has 0 fully saturated rings. The van der Waals surface area contributed by atoms with E-state index in [2.05, 4.69) is 10.3 Å². The third-order valence-electron chi connectivity index (χ3n) is 2.07. The van der Waals surface area contributed by atoms with Gasteiger partial charge in [0.15, 0.2) is 5.69 Å². The van der Waals surface area contributed by atoms with E-state index < -0.39 is 5.97 Å². The van der Waals surface area contributed by atoms with Gasteiger partial charge in [-0.25, -0.2) is 9.78 Å². The number of aromatic nitrogens is 1. The Balaban J connectivity index is 2.05. The van der Waals surface area contributed by atoms with Crippen LogP contribution in [-0.2, 0) is 6.54 Å². The molecule has 1 aromatic heterocycles. The number of nitrogens with zero attached hydrogens (tertiary/aromatic N) is 1. The summed E-state index contributed by atoms with van der Waals surface area (Å²) >= 11 is 1.29. The highest BCUT2D eigenvalue weighted by Gasteiger charge is 2.12. The number of anilines is 1. The van der Waals surface area contributed by atoms with Crippen LogP contribution in [0, 0.1) is 0 Å². The zero-order valence-electron chi connectivity index (χ0n) is 8.38. The van der Waals surface area contributed by atoms with Crippen LogP contribution < -0.4 is 5.32 Å². The van der Waals surface area contributed by atoms with Crippen LogP contribution in [0.4, 0.5) is 5.00 Å². The fourth-order valence-electron chi connectivity index (χ4n) is 1.30. The van der Waals surface area contributed by atoms with Crippen LogP contribution in [0.3, 0.4) is 0 Å². The molecule has 1 heterocycles. The van der Waals surface area contributed by atoms with Gasteiger partial charge < -0.3 is 10.4 Å². The Morgan fingerprint density at radius 2 is 2.12 bits per heavy atom. The topological polar surface area (TPSA) is 62.2 Å². The van der Waals surface area contributed by atoms with Gasteiger partial charge in [0, 0.05) is 6.54 Å². The number of thiazole rings is 1. The summed E-state index contributed by atoms with van der Waals surface area (Å²) in [6.07, 6.45) is 0. The fourth-order valence-corrected chi connectivity index (χ4v) is 1.97. The molecule has 0 saturated carbocycles. The van der Waals surface area contributed by atoms with Crippen LogP contribution in [-0.4, -0.2) is 16.1 Å². The average molecular weight is 234 g/mol. The lowest BCUT2D eigenvalue weighted by Gasteiger charge is -2.03. The largest absolute Gasteiger partial charge is 0.476 e. The lowest BCUT2D eigenvalue weighted by Crippen LogP contribution is -2.04. The van der Waals surface area contributed by atoms with E-state index in [1.807, 2.05) is 30.3 Å². The average Bonchev–Trinajstić information content (AvgIpc) is 2.76. The van der Waals surface area contributed by atoms with Crippen molar-refractivity contribution in [3.05, 3.63) is 47.1 Å². The van der Waals surface area contributed by atoms with Crippen molar-refractivity contribution in [2.45, 2.75) is 6.54 Å². The number of hydrogen-bond acceptors (Lipinski definition) is 4. The first-order valence-corrected chi connectivity index (χ1v) is 5.60. The van der Waals surface area contributed by atoms with E-state index in [0.29, 0.717) is 11.5 Å². The molecule has 0 aliphatic carbocycles. The fraction of sp³-hybridized carbons (Fsp3) is 0.0909. The number of carboxylic acid groups (broad SMARTS) is 1. The Bertz CT molecular complexity index is 482.